The number of piperidine rings is 1. The van der Waals surface area contributed by atoms with E-state index in [-0.39, 0.29) is 36.0 Å². The minimum atomic E-state index is -0.155. The van der Waals surface area contributed by atoms with Crippen LogP contribution in [0.3, 0.4) is 0 Å². The lowest BCUT2D eigenvalue weighted by Crippen LogP contribution is -2.46. The number of hydrogen-bond acceptors (Lipinski definition) is 2. The molecule has 1 heterocycles. The second-order valence-electron chi connectivity index (χ2n) is 9.34. The molecular formula is C28H38ClFN2O. The summed E-state index contributed by atoms with van der Waals surface area (Å²) in [6, 6.07) is 11.3. The molecule has 0 bridgehead atoms. The molecule has 3 nitrogen and oxygen atoms in total. The molecule has 1 aliphatic rings. The molecule has 0 aliphatic carbocycles. The van der Waals surface area contributed by atoms with Gasteiger partial charge in [0, 0.05) is 24.7 Å². The van der Waals surface area contributed by atoms with E-state index < -0.39 is 0 Å². The molecular weight excluding hydrogens is 435 g/mol. The van der Waals surface area contributed by atoms with E-state index in [2.05, 4.69) is 57.0 Å². The molecule has 1 saturated heterocycles. The standard InChI is InChI=1S/C28H37FN2O.ClH/c1-6-30(5)14-10-9-11-23-15-20(2)27(21(3)16-23)31-19-24(17-22(4)28(31)32)18-25-12-7-8-13-26(25)29;/h7-9,11-13,15-16,22,24H,6,10,14,17-19H2,1-5H3;1H/b11-9+;/t22-,24-;/m1./s1. The predicted octanol–water partition coefficient (Wildman–Crippen LogP) is 6.45. The molecule has 180 valence electrons. The fraction of sp³-hybridized carbons (Fsp3) is 0.464. The van der Waals surface area contributed by atoms with Crippen LogP contribution >= 0.6 is 12.4 Å². The topological polar surface area (TPSA) is 23.6 Å². The molecule has 33 heavy (non-hydrogen) atoms. The third-order valence-corrected chi connectivity index (χ3v) is 6.59. The average molecular weight is 473 g/mol. The summed E-state index contributed by atoms with van der Waals surface area (Å²) in [5.41, 5.74) is 5.15. The average Bonchev–Trinajstić information content (AvgIpc) is 2.75. The molecule has 0 aromatic heterocycles. The highest BCUT2D eigenvalue weighted by molar-refractivity contribution is 5.97. The van der Waals surface area contributed by atoms with E-state index in [9.17, 15) is 9.18 Å². The maximum absolute atomic E-state index is 14.2. The molecule has 1 fully saturated rings. The summed E-state index contributed by atoms with van der Waals surface area (Å²) in [6.07, 6.45) is 6.87. The maximum Gasteiger partial charge on any atom is 0.229 e. The van der Waals surface area contributed by atoms with Crippen molar-refractivity contribution >= 4 is 30.1 Å². The van der Waals surface area contributed by atoms with Gasteiger partial charge in [0.2, 0.25) is 5.91 Å². The van der Waals surface area contributed by atoms with Crippen LogP contribution in [0.5, 0.6) is 0 Å². The first-order valence-corrected chi connectivity index (χ1v) is 11.8. The number of halogens is 2. The van der Waals surface area contributed by atoms with Crippen LogP contribution in [0, 0.1) is 31.5 Å². The van der Waals surface area contributed by atoms with Crippen molar-refractivity contribution in [1.82, 2.24) is 4.90 Å². The fourth-order valence-electron chi connectivity index (χ4n) is 4.80. The van der Waals surface area contributed by atoms with Gasteiger partial charge >= 0.3 is 0 Å². The van der Waals surface area contributed by atoms with Crippen LogP contribution in [0.1, 0.15) is 48.9 Å². The van der Waals surface area contributed by atoms with Gasteiger partial charge in [-0.2, -0.15) is 0 Å². The summed E-state index contributed by atoms with van der Waals surface area (Å²) in [7, 11) is 2.13. The van der Waals surface area contributed by atoms with E-state index in [4.69, 9.17) is 0 Å². The molecule has 2 aromatic carbocycles. The van der Waals surface area contributed by atoms with Crippen molar-refractivity contribution in [2.24, 2.45) is 11.8 Å². The first-order chi connectivity index (χ1) is 15.3. The van der Waals surface area contributed by atoms with Crippen LogP contribution in [0.2, 0.25) is 0 Å². The van der Waals surface area contributed by atoms with Gasteiger partial charge in [-0.15, -0.1) is 12.4 Å². The monoisotopic (exact) mass is 472 g/mol. The summed E-state index contributed by atoms with van der Waals surface area (Å²) in [5, 5.41) is 0. The van der Waals surface area contributed by atoms with Crippen LogP contribution < -0.4 is 4.90 Å². The minimum Gasteiger partial charge on any atom is -0.311 e. The van der Waals surface area contributed by atoms with Gasteiger partial charge in [-0.05, 0) is 93.1 Å². The Bertz CT molecular complexity index is 951. The zero-order chi connectivity index (χ0) is 23.3. The SMILES string of the molecule is CCN(C)CC/C=C/c1cc(C)c(N2C[C@@H](Cc3ccccc3F)C[C@@H](C)C2=O)c(C)c1.Cl. The van der Waals surface area contributed by atoms with Crippen molar-refractivity contribution in [3.05, 3.63) is 70.5 Å². The van der Waals surface area contributed by atoms with Gasteiger partial charge in [-0.25, -0.2) is 4.39 Å². The molecule has 0 unspecified atom stereocenters. The maximum atomic E-state index is 14.2. The smallest absolute Gasteiger partial charge is 0.229 e. The molecule has 0 saturated carbocycles. The Morgan fingerprint density at radius 2 is 1.85 bits per heavy atom. The van der Waals surface area contributed by atoms with E-state index in [0.717, 1.165) is 48.3 Å². The summed E-state index contributed by atoms with van der Waals surface area (Å²) >= 11 is 0. The van der Waals surface area contributed by atoms with Gasteiger partial charge in [0.1, 0.15) is 5.82 Å². The number of amides is 1. The van der Waals surface area contributed by atoms with E-state index in [1.165, 1.54) is 11.6 Å². The van der Waals surface area contributed by atoms with Crippen molar-refractivity contribution in [2.45, 2.75) is 47.0 Å². The summed E-state index contributed by atoms with van der Waals surface area (Å²) in [4.78, 5) is 17.4. The van der Waals surface area contributed by atoms with Gasteiger partial charge in [-0.3, -0.25) is 4.79 Å². The molecule has 1 amide bonds. The molecule has 3 rings (SSSR count). The third kappa shape index (κ3) is 6.91. The number of carbonyl (C=O) groups is 1. The van der Waals surface area contributed by atoms with Crippen molar-refractivity contribution in [3.8, 4) is 0 Å². The van der Waals surface area contributed by atoms with E-state index in [1.54, 1.807) is 6.07 Å². The van der Waals surface area contributed by atoms with Gasteiger partial charge in [0.25, 0.3) is 0 Å². The van der Waals surface area contributed by atoms with Crippen molar-refractivity contribution in [3.63, 3.8) is 0 Å². The molecule has 0 spiro atoms. The Hall–Kier alpha value is -2.17. The Morgan fingerprint density at radius 1 is 1.18 bits per heavy atom. The minimum absolute atomic E-state index is 0. The molecule has 5 heteroatoms. The van der Waals surface area contributed by atoms with Crippen LogP contribution in [-0.2, 0) is 11.2 Å². The van der Waals surface area contributed by atoms with Gasteiger partial charge in [-0.1, -0.05) is 44.2 Å². The Morgan fingerprint density at radius 3 is 2.48 bits per heavy atom. The number of aryl methyl sites for hydroxylation is 2. The number of anilines is 1. The predicted molar refractivity (Wildman–Crippen MR) is 140 cm³/mol. The molecule has 1 aliphatic heterocycles. The number of benzene rings is 2. The summed E-state index contributed by atoms with van der Waals surface area (Å²) in [5.74, 6) is 0.201. The molecule has 2 aromatic rings. The second-order valence-corrected chi connectivity index (χ2v) is 9.34. The normalized spacial score (nSPS) is 18.8. The highest BCUT2D eigenvalue weighted by Crippen LogP contribution is 2.34. The zero-order valence-corrected chi connectivity index (χ0v) is 21.4. The highest BCUT2D eigenvalue weighted by atomic mass is 35.5. The lowest BCUT2D eigenvalue weighted by Gasteiger charge is -2.38. The number of hydrogen-bond donors (Lipinski definition) is 0. The molecule has 0 radical (unpaired) electrons. The van der Waals surface area contributed by atoms with Crippen LogP contribution in [0.4, 0.5) is 10.1 Å². The first kappa shape index (κ1) is 27.1. The van der Waals surface area contributed by atoms with Gasteiger partial charge in [0.15, 0.2) is 0 Å². The van der Waals surface area contributed by atoms with Crippen molar-refractivity contribution in [2.75, 3.05) is 31.6 Å². The Kier molecular flexibility index (Phi) is 10.1. The van der Waals surface area contributed by atoms with Crippen LogP contribution in [0.15, 0.2) is 42.5 Å². The van der Waals surface area contributed by atoms with Gasteiger partial charge < -0.3 is 9.80 Å². The largest absolute Gasteiger partial charge is 0.311 e. The summed E-state index contributed by atoms with van der Waals surface area (Å²) in [6.45, 7) is 11.1. The van der Waals surface area contributed by atoms with E-state index in [0.29, 0.717) is 13.0 Å². The lowest BCUT2D eigenvalue weighted by atomic mass is 9.84. The fourth-order valence-corrected chi connectivity index (χ4v) is 4.80. The highest BCUT2D eigenvalue weighted by Gasteiger charge is 2.34. The van der Waals surface area contributed by atoms with Crippen LogP contribution in [0.25, 0.3) is 6.08 Å². The lowest BCUT2D eigenvalue weighted by molar-refractivity contribution is -0.124. The van der Waals surface area contributed by atoms with Crippen molar-refractivity contribution < 1.29 is 9.18 Å². The number of carbonyl (C=O) groups excluding carboxylic acids is 1. The first-order valence-electron chi connectivity index (χ1n) is 11.8. The number of nitrogens with zero attached hydrogens (tertiary/aromatic N) is 2. The summed E-state index contributed by atoms with van der Waals surface area (Å²) < 4.78 is 14.2. The molecule has 2 atom stereocenters. The second kappa shape index (κ2) is 12.3. The van der Waals surface area contributed by atoms with E-state index >= 15 is 0 Å². The van der Waals surface area contributed by atoms with Crippen LogP contribution in [-0.4, -0.2) is 37.5 Å². The molecule has 0 N–H and O–H groups in total. The Labute approximate surface area is 205 Å². The third-order valence-electron chi connectivity index (χ3n) is 6.59. The zero-order valence-electron chi connectivity index (χ0n) is 20.6. The van der Waals surface area contributed by atoms with Crippen molar-refractivity contribution in [1.29, 1.82) is 0 Å². The van der Waals surface area contributed by atoms with Gasteiger partial charge in [0.05, 0.1) is 0 Å². The number of rotatable bonds is 8. The van der Waals surface area contributed by atoms with E-state index in [1.807, 2.05) is 24.0 Å². The quantitative estimate of drug-likeness (QED) is 0.440. The Balaban J connectivity index is 0.00000385.